The molecule has 3 rings (SSSR count). The van der Waals surface area contributed by atoms with Gasteiger partial charge in [0.2, 0.25) is 0 Å². The minimum Gasteiger partial charge on any atom is -0.384 e. The molecule has 1 aromatic carbocycles. The smallest absolute Gasteiger partial charge is 0.0737 e. The first-order valence-corrected chi connectivity index (χ1v) is 6.19. The van der Waals surface area contributed by atoms with Gasteiger partial charge in [-0.15, -0.1) is 0 Å². The van der Waals surface area contributed by atoms with Crippen molar-refractivity contribution in [1.29, 1.82) is 0 Å². The molecule has 0 amide bonds. The molecule has 1 saturated carbocycles. The van der Waals surface area contributed by atoms with Crippen molar-refractivity contribution < 1.29 is 0 Å². The maximum Gasteiger partial charge on any atom is 0.0737 e. The van der Waals surface area contributed by atoms with Crippen LogP contribution in [0.5, 0.6) is 0 Å². The third kappa shape index (κ3) is 2.44. The average Bonchev–Trinajstić information content (AvgIpc) is 2.89. The van der Waals surface area contributed by atoms with Gasteiger partial charge < -0.3 is 5.32 Å². The SMILES string of the molecule is Clc1ccc2c(NC[C]3[CH][CH][CH][CH]3)ccnc2c1. The first-order valence-electron chi connectivity index (χ1n) is 5.82. The Labute approximate surface area is 112 Å². The van der Waals surface area contributed by atoms with Gasteiger partial charge in [-0.05, 0) is 49.9 Å². The molecule has 0 spiro atoms. The fraction of sp³-hybridized carbons (Fsp3) is 0.0667. The number of anilines is 1. The zero-order chi connectivity index (χ0) is 12.4. The Morgan fingerprint density at radius 2 is 1.94 bits per heavy atom. The Hall–Kier alpha value is -1.28. The maximum absolute atomic E-state index is 5.97. The van der Waals surface area contributed by atoms with Gasteiger partial charge in [-0.25, -0.2) is 0 Å². The van der Waals surface area contributed by atoms with E-state index in [4.69, 9.17) is 11.6 Å². The molecule has 0 bridgehead atoms. The monoisotopic (exact) mass is 255 g/mol. The van der Waals surface area contributed by atoms with Crippen molar-refractivity contribution in [2.45, 2.75) is 0 Å². The van der Waals surface area contributed by atoms with E-state index in [1.807, 2.05) is 37.1 Å². The van der Waals surface area contributed by atoms with Crippen LogP contribution in [0.1, 0.15) is 0 Å². The highest BCUT2D eigenvalue weighted by atomic mass is 35.5. The molecule has 0 saturated heterocycles. The van der Waals surface area contributed by atoms with Gasteiger partial charge in [0.25, 0.3) is 0 Å². The first-order chi connectivity index (χ1) is 8.83. The second-order valence-electron chi connectivity index (χ2n) is 4.17. The van der Waals surface area contributed by atoms with Crippen molar-refractivity contribution in [2.75, 3.05) is 11.9 Å². The highest BCUT2D eigenvalue weighted by molar-refractivity contribution is 6.31. The summed E-state index contributed by atoms with van der Waals surface area (Å²) in [6, 6.07) is 7.75. The predicted molar refractivity (Wildman–Crippen MR) is 75.7 cm³/mol. The van der Waals surface area contributed by atoms with Crippen LogP contribution in [0.15, 0.2) is 30.5 Å². The van der Waals surface area contributed by atoms with E-state index in [-0.39, 0.29) is 0 Å². The van der Waals surface area contributed by atoms with Crippen LogP contribution in [0.4, 0.5) is 5.69 Å². The Bertz CT molecular complexity index is 547. The fourth-order valence-electron chi connectivity index (χ4n) is 2.00. The molecule has 1 heterocycles. The Kier molecular flexibility index (Phi) is 3.37. The van der Waals surface area contributed by atoms with Crippen molar-refractivity contribution in [2.24, 2.45) is 0 Å². The van der Waals surface area contributed by atoms with Crippen LogP contribution in [0.25, 0.3) is 10.9 Å². The fourth-order valence-corrected chi connectivity index (χ4v) is 2.17. The molecule has 0 aliphatic heterocycles. The molecular weight excluding hydrogens is 244 g/mol. The number of hydrogen-bond acceptors (Lipinski definition) is 2. The van der Waals surface area contributed by atoms with Crippen molar-refractivity contribution in [3.63, 3.8) is 0 Å². The summed E-state index contributed by atoms with van der Waals surface area (Å²) >= 11 is 5.97. The summed E-state index contributed by atoms with van der Waals surface area (Å²) < 4.78 is 0. The largest absolute Gasteiger partial charge is 0.384 e. The van der Waals surface area contributed by atoms with E-state index in [2.05, 4.69) is 23.1 Å². The molecule has 1 aliphatic carbocycles. The summed E-state index contributed by atoms with van der Waals surface area (Å²) in [6.45, 7) is 0.814. The van der Waals surface area contributed by atoms with Crippen LogP contribution in [0.2, 0.25) is 5.02 Å². The van der Waals surface area contributed by atoms with Gasteiger partial charge in [-0.1, -0.05) is 11.6 Å². The average molecular weight is 256 g/mol. The minimum absolute atomic E-state index is 0.711. The summed E-state index contributed by atoms with van der Waals surface area (Å²) in [5, 5.41) is 5.23. The molecule has 1 N–H and O–H groups in total. The molecule has 0 unspecified atom stereocenters. The number of nitrogens with zero attached hydrogens (tertiary/aromatic N) is 1. The van der Waals surface area contributed by atoms with Crippen LogP contribution >= 0.6 is 11.6 Å². The lowest BCUT2D eigenvalue weighted by molar-refractivity contribution is 1.11. The lowest BCUT2D eigenvalue weighted by atomic mass is 10.1. The third-order valence-electron chi connectivity index (χ3n) is 2.92. The Balaban J connectivity index is 1.82. The molecule has 2 nitrogen and oxygen atoms in total. The molecular formula is C15H12ClN2. The molecule has 2 aromatic rings. The molecule has 1 aliphatic rings. The van der Waals surface area contributed by atoms with Gasteiger partial charge in [-0.3, -0.25) is 4.98 Å². The van der Waals surface area contributed by atoms with Gasteiger partial charge in [-0.2, -0.15) is 0 Å². The number of rotatable bonds is 3. The topological polar surface area (TPSA) is 24.9 Å². The number of halogens is 1. The summed E-state index contributed by atoms with van der Waals surface area (Å²) in [7, 11) is 0. The molecule has 0 atom stereocenters. The molecule has 3 heteroatoms. The van der Waals surface area contributed by atoms with Crippen molar-refractivity contribution in [1.82, 2.24) is 4.98 Å². The molecule has 5 radical (unpaired) electrons. The number of benzene rings is 1. The van der Waals surface area contributed by atoms with E-state index in [9.17, 15) is 0 Å². The summed E-state index contributed by atoms with van der Waals surface area (Å²) in [5.74, 6) is 1.27. The van der Waals surface area contributed by atoms with Gasteiger partial charge in [0.05, 0.1) is 5.52 Å². The van der Waals surface area contributed by atoms with Crippen molar-refractivity contribution in [3.8, 4) is 0 Å². The van der Waals surface area contributed by atoms with Gasteiger partial charge in [0.1, 0.15) is 0 Å². The number of fused-ring (bicyclic) bond motifs is 1. The van der Waals surface area contributed by atoms with Crippen molar-refractivity contribution >= 4 is 28.2 Å². The van der Waals surface area contributed by atoms with Crippen molar-refractivity contribution in [3.05, 3.63) is 67.1 Å². The number of pyridine rings is 1. The van der Waals surface area contributed by atoms with E-state index >= 15 is 0 Å². The van der Waals surface area contributed by atoms with E-state index in [1.54, 1.807) is 6.20 Å². The number of hydrogen-bond donors (Lipinski definition) is 1. The highest BCUT2D eigenvalue weighted by Gasteiger charge is 2.16. The molecule has 89 valence electrons. The van der Waals surface area contributed by atoms with Crippen LogP contribution in [0.3, 0.4) is 0 Å². The van der Waals surface area contributed by atoms with E-state index in [0.717, 1.165) is 23.1 Å². The lowest BCUT2D eigenvalue weighted by Crippen LogP contribution is -2.10. The van der Waals surface area contributed by atoms with Crippen LogP contribution < -0.4 is 5.32 Å². The first kappa shape index (κ1) is 11.8. The van der Waals surface area contributed by atoms with E-state index in [0.29, 0.717) is 5.02 Å². The zero-order valence-electron chi connectivity index (χ0n) is 9.73. The molecule has 18 heavy (non-hydrogen) atoms. The Morgan fingerprint density at radius 3 is 2.78 bits per heavy atom. The highest BCUT2D eigenvalue weighted by Crippen LogP contribution is 2.27. The van der Waals surface area contributed by atoms with E-state index in [1.165, 1.54) is 5.92 Å². The van der Waals surface area contributed by atoms with Crippen LogP contribution in [-0.2, 0) is 0 Å². The van der Waals surface area contributed by atoms with Gasteiger partial charge >= 0.3 is 0 Å². The quantitative estimate of drug-likeness (QED) is 0.905. The lowest BCUT2D eigenvalue weighted by Gasteiger charge is -2.12. The Morgan fingerprint density at radius 1 is 1.11 bits per heavy atom. The number of aromatic nitrogens is 1. The second-order valence-corrected chi connectivity index (χ2v) is 4.60. The zero-order valence-corrected chi connectivity index (χ0v) is 10.5. The normalized spacial score (nSPS) is 16.3. The maximum atomic E-state index is 5.97. The van der Waals surface area contributed by atoms with E-state index < -0.39 is 0 Å². The predicted octanol–water partition coefficient (Wildman–Crippen LogP) is 3.71. The minimum atomic E-state index is 0.711. The second kappa shape index (κ2) is 5.15. The standard InChI is InChI=1S/C15H12ClN2/c16-12-5-6-13-14(7-8-17-15(13)9-12)18-10-11-3-1-2-4-11/h1-9H,10H2,(H,17,18). The van der Waals surface area contributed by atoms with Crippen LogP contribution in [-0.4, -0.2) is 11.5 Å². The van der Waals surface area contributed by atoms with Gasteiger partial charge in [0, 0.05) is 34.8 Å². The summed E-state index contributed by atoms with van der Waals surface area (Å²) in [4.78, 5) is 4.32. The molecule has 1 aromatic heterocycles. The van der Waals surface area contributed by atoms with Crippen LogP contribution in [0, 0.1) is 31.6 Å². The third-order valence-corrected chi connectivity index (χ3v) is 3.15. The summed E-state index contributed by atoms with van der Waals surface area (Å²) in [6.07, 6.45) is 10.1. The molecule has 1 fully saturated rings. The van der Waals surface area contributed by atoms with Gasteiger partial charge in [0.15, 0.2) is 0 Å². The summed E-state index contributed by atoms with van der Waals surface area (Å²) in [5.41, 5.74) is 1.99. The number of nitrogens with one attached hydrogen (secondary N) is 1.